The number of fused-ring (bicyclic) bond motifs is 1. The molecule has 2 aliphatic heterocycles. The molecule has 2 aliphatic rings. The number of hydrogen-bond acceptors (Lipinski definition) is 12. The van der Waals surface area contributed by atoms with E-state index in [2.05, 4.69) is 20.6 Å². The summed E-state index contributed by atoms with van der Waals surface area (Å²) in [6, 6.07) is 19.8. The molecule has 1 saturated heterocycles. The van der Waals surface area contributed by atoms with Gasteiger partial charge in [-0.15, -0.1) is 0 Å². The van der Waals surface area contributed by atoms with Gasteiger partial charge in [-0.2, -0.15) is 18.3 Å². The van der Waals surface area contributed by atoms with Crippen LogP contribution in [0.4, 0.5) is 23.7 Å². The van der Waals surface area contributed by atoms with Crippen LogP contribution in [0.25, 0.3) is 5.69 Å². The average molecular weight is 1010 g/mol. The Labute approximate surface area is 414 Å². The number of amides is 3. The molecule has 3 aromatic heterocycles. The Balaban J connectivity index is 0.000000458. The van der Waals surface area contributed by atoms with Crippen molar-refractivity contribution in [3.8, 4) is 11.4 Å². The van der Waals surface area contributed by atoms with Crippen molar-refractivity contribution in [1.82, 2.24) is 40.2 Å². The van der Waals surface area contributed by atoms with Gasteiger partial charge in [-0.05, 0) is 77.3 Å². The molecule has 0 unspecified atom stereocenters. The number of carbonyl (C=O) groups is 3. The largest absolute Gasteiger partial charge is 0.490 e. The van der Waals surface area contributed by atoms with Gasteiger partial charge in [-0.25, -0.2) is 9.48 Å². The molecule has 5 atom stereocenters. The minimum Gasteiger partial charge on any atom is -0.490 e. The van der Waals surface area contributed by atoms with Crippen LogP contribution in [-0.2, 0) is 26.3 Å². The minimum atomic E-state index is -4.62. The summed E-state index contributed by atoms with van der Waals surface area (Å²) in [5.41, 5.74) is 2.03. The number of nitrogens with one attached hydrogen (secondary N) is 3. The maximum Gasteiger partial charge on any atom is 0.412 e. The second kappa shape index (κ2) is 23.4. The lowest BCUT2D eigenvalue weighted by Crippen LogP contribution is -2.63. The summed E-state index contributed by atoms with van der Waals surface area (Å²) in [4.78, 5) is 50.4. The zero-order valence-corrected chi connectivity index (χ0v) is 40.9. The molecule has 2 aromatic carbocycles. The Kier molecular flexibility index (Phi) is 17.9. The Morgan fingerprint density at radius 1 is 0.914 bits per heavy atom. The SMILES string of the molecule is CC(C)(C)OC(=O)Nc1cncc(Cl)c1.CC(C)(c1ccn(-c2cncc(Cl)c2)n1)N1CCN(C[C@@H](O)C[C@@H](Cc2ccccc2)C(=O)N[C@H]2c3ccccc3OC[C@H]2O)[C@H](C(=O)NCC(F)(F)F)C1. The van der Waals surface area contributed by atoms with Gasteiger partial charge in [0.2, 0.25) is 11.8 Å². The normalized spacial score (nSPS) is 18.5. The van der Waals surface area contributed by atoms with Crippen LogP contribution in [0.15, 0.2) is 104 Å². The van der Waals surface area contributed by atoms with Crippen LogP contribution in [0.5, 0.6) is 5.75 Å². The van der Waals surface area contributed by atoms with Crippen molar-refractivity contribution >= 4 is 46.8 Å². The van der Waals surface area contributed by atoms with Gasteiger partial charge < -0.3 is 30.3 Å². The van der Waals surface area contributed by atoms with Gasteiger partial charge in [0, 0.05) is 56.3 Å². The van der Waals surface area contributed by atoms with Crippen LogP contribution in [0, 0.1) is 5.92 Å². The molecule has 0 radical (unpaired) electrons. The van der Waals surface area contributed by atoms with E-state index in [4.69, 9.17) is 37.8 Å². The number of rotatable bonds is 14. The summed E-state index contributed by atoms with van der Waals surface area (Å²) >= 11 is 11.8. The molecule has 16 nitrogen and oxygen atoms in total. The van der Waals surface area contributed by atoms with Crippen LogP contribution in [0.2, 0.25) is 10.0 Å². The molecule has 70 heavy (non-hydrogen) atoms. The maximum absolute atomic E-state index is 14.0. The van der Waals surface area contributed by atoms with Gasteiger partial charge >= 0.3 is 12.3 Å². The molecule has 0 aliphatic carbocycles. The molecule has 7 rings (SSSR count). The highest BCUT2D eigenvalue weighted by Crippen LogP contribution is 2.34. The van der Waals surface area contributed by atoms with Crippen molar-refractivity contribution in [2.75, 3.05) is 44.6 Å². The smallest absolute Gasteiger partial charge is 0.412 e. The van der Waals surface area contributed by atoms with Crippen molar-refractivity contribution in [3.63, 3.8) is 0 Å². The molecule has 0 spiro atoms. The fourth-order valence-corrected chi connectivity index (χ4v) is 8.47. The van der Waals surface area contributed by atoms with Crippen molar-refractivity contribution in [1.29, 1.82) is 0 Å². The van der Waals surface area contributed by atoms with Crippen LogP contribution in [0.1, 0.15) is 63.9 Å². The highest BCUT2D eigenvalue weighted by molar-refractivity contribution is 6.31. The number of carbonyl (C=O) groups excluding carboxylic acids is 3. The fraction of sp³-hybridized carbons (Fsp3) is 0.429. The second-order valence-electron chi connectivity index (χ2n) is 18.6. The van der Waals surface area contributed by atoms with Gasteiger partial charge in [0.15, 0.2) is 0 Å². The monoisotopic (exact) mass is 1010 g/mol. The van der Waals surface area contributed by atoms with E-state index in [1.807, 2.05) is 60.5 Å². The molecule has 376 valence electrons. The van der Waals surface area contributed by atoms with E-state index in [1.165, 1.54) is 18.6 Å². The number of halogens is 5. The van der Waals surface area contributed by atoms with E-state index in [0.717, 1.165) is 5.56 Å². The van der Waals surface area contributed by atoms with Gasteiger partial charge in [0.05, 0.1) is 57.2 Å². The van der Waals surface area contributed by atoms with E-state index >= 15 is 0 Å². The lowest BCUT2D eigenvalue weighted by Gasteiger charge is -2.47. The highest BCUT2D eigenvalue weighted by atomic mass is 35.5. The summed E-state index contributed by atoms with van der Waals surface area (Å²) in [5.74, 6) is -1.40. The molecule has 3 amide bonds. The number of hydrogen-bond donors (Lipinski definition) is 5. The van der Waals surface area contributed by atoms with Crippen molar-refractivity contribution in [3.05, 3.63) is 131 Å². The third-order valence-corrected chi connectivity index (χ3v) is 12.0. The lowest BCUT2D eigenvalue weighted by atomic mass is 9.90. The summed E-state index contributed by atoms with van der Waals surface area (Å²) in [6.07, 6.45) is 0.855. The number of aromatic nitrogens is 4. The first-order chi connectivity index (χ1) is 33.0. The number of nitrogens with zero attached hydrogens (tertiary/aromatic N) is 6. The number of pyridine rings is 2. The maximum atomic E-state index is 14.0. The first-order valence-corrected chi connectivity index (χ1v) is 23.3. The van der Waals surface area contributed by atoms with Crippen LogP contribution < -0.4 is 20.7 Å². The second-order valence-corrected chi connectivity index (χ2v) is 19.4. The number of β-amino-alcohol motifs (C(OH)–C–C–N with tert-alkyl or cyclic N) is 1. The predicted molar refractivity (Wildman–Crippen MR) is 258 cm³/mol. The average Bonchev–Trinajstić information content (AvgIpc) is 3.81. The predicted octanol–water partition coefficient (Wildman–Crippen LogP) is 7.12. The van der Waals surface area contributed by atoms with Gasteiger partial charge in [-0.1, -0.05) is 71.7 Å². The number of alkyl halides is 3. The number of para-hydroxylation sites is 1. The minimum absolute atomic E-state index is 0.00419. The third kappa shape index (κ3) is 15.3. The molecule has 21 heteroatoms. The summed E-state index contributed by atoms with van der Waals surface area (Å²) in [5, 5.41) is 35.5. The molecule has 0 saturated carbocycles. The number of piperazine rings is 1. The zero-order chi connectivity index (χ0) is 50.8. The third-order valence-electron chi connectivity index (χ3n) is 11.6. The summed E-state index contributed by atoms with van der Waals surface area (Å²) < 4.78 is 52.1. The Bertz CT molecular complexity index is 2550. The van der Waals surface area contributed by atoms with E-state index in [1.54, 1.807) is 79.1 Å². The van der Waals surface area contributed by atoms with E-state index < -0.39 is 66.1 Å². The lowest BCUT2D eigenvalue weighted by molar-refractivity contribution is -0.144. The molecule has 5 aromatic rings. The molecule has 5 N–H and O–H groups in total. The van der Waals surface area contributed by atoms with E-state index in [0.29, 0.717) is 45.0 Å². The van der Waals surface area contributed by atoms with Crippen LogP contribution >= 0.6 is 23.2 Å². The molecular weight excluding hydrogens is 954 g/mol. The number of benzene rings is 2. The molecular formula is C49H58Cl2F3N9O7. The van der Waals surface area contributed by atoms with Crippen molar-refractivity contribution < 1.29 is 47.2 Å². The summed E-state index contributed by atoms with van der Waals surface area (Å²) in [7, 11) is 0. The van der Waals surface area contributed by atoms with Gasteiger partial charge in [-0.3, -0.25) is 34.7 Å². The first-order valence-electron chi connectivity index (χ1n) is 22.6. The topological polar surface area (TPSA) is 196 Å². The number of aliphatic hydroxyl groups is 2. The molecule has 0 bridgehead atoms. The number of anilines is 1. The standard InChI is InChI=1S/C39H45ClF3N7O5.C10H13ClN2O2/c1-38(2,34-12-13-50(47-34)28-18-27(40)19-44-20-28)49-15-14-48(31(22-49)37(54)45-24-39(41,42)43)21-29(51)17-26(16-25-8-4-3-5-9-25)36(53)46-35-30-10-6-7-11-33(30)55-23-32(35)52;1-10(2,3)15-9(14)13-8-4-7(11)5-12-6-8/h3-13,18-20,26,29,31-32,35,51-52H,14-17,21-24H2,1-2H3,(H,45,54)(H,46,53);4-6H,1-3H3,(H,13,14)/t26-,29+,31+,32-,35+;/m1./s1. The van der Waals surface area contributed by atoms with E-state index in [-0.39, 0.29) is 45.0 Å². The van der Waals surface area contributed by atoms with Crippen LogP contribution in [-0.4, -0.2) is 127 Å². The number of aliphatic hydroxyl groups excluding tert-OH is 2. The number of ether oxygens (including phenoxy) is 2. The first kappa shape index (κ1) is 53.5. The zero-order valence-electron chi connectivity index (χ0n) is 39.4. The molecule has 1 fully saturated rings. The van der Waals surface area contributed by atoms with Gasteiger partial charge in [0.25, 0.3) is 0 Å². The van der Waals surface area contributed by atoms with Crippen LogP contribution in [0.3, 0.4) is 0 Å². The Hall–Kier alpha value is -5.83. The van der Waals surface area contributed by atoms with Crippen molar-refractivity contribution in [2.45, 2.75) is 89.1 Å². The quantitative estimate of drug-likeness (QED) is 0.0757. The van der Waals surface area contributed by atoms with E-state index in [9.17, 15) is 37.8 Å². The molecule has 5 heterocycles. The van der Waals surface area contributed by atoms with Gasteiger partial charge in [0.1, 0.15) is 36.6 Å². The highest BCUT2D eigenvalue weighted by Gasteiger charge is 2.42. The van der Waals surface area contributed by atoms with Crippen molar-refractivity contribution in [2.24, 2.45) is 5.92 Å². The Morgan fingerprint density at radius 2 is 1.60 bits per heavy atom. The Morgan fingerprint density at radius 3 is 2.29 bits per heavy atom. The fourth-order valence-electron chi connectivity index (χ4n) is 8.13. The summed E-state index contributed by atoms with van der Waals surface area (Å²) in [6.45, 7) is 8.34.